The lowest BCUT2D eigenvalue weighted by molar-refractivity contribution is -0.121. The van der Waals surface area contributed by atoms with Crippen LogP contribution in [0.2, 0.25) is 0 Å². The molecule has 0 saturated heterocycles. The van der Waals surface area contributed by atoms with E-state index < -0.39 is 0 Å². The molecule has 116 valence electrons. The zero-order valence-electron chi connectivity index (χ0n) is 14.0. The molecule has 2 rings (SSSR count). The largest absolute Gasteiger partial charge is 0.298 e. The quantitative estimate of drug-likeness (QED) is 0.868. The summed E-state index contributed by atoms with van der Waals surface area (Å²) in [6.45, 7) is 11.3. The zero-order chi connectivity index (χ0) is 16.4. The second-order valence-electron chi connectivity index (χ2n) is 5.86. The molecule has 0 radical (unpaired) electrons. The molecule has 0 fully saturated rings. The van der Waals surface area contributed by atoms with Crippen molar-refractivity contribution in [3.8, 4) is 0 Å². The van der Waals surface area contributed by atoms with E-state index in [-0.39, 0.29) is 17.6 Å². The highest BCUT2D eigenvalue weighted by molar-refractivity contribution is 5.89. The molecule has 2 aromatic rings. The van der Waals surface area contributed by atoms with E-state index in [0.717, 1.165) is 22.8 Å². The molecule has 0 aliphatic heterocycles. The van der Waals surface area contributed by atoms with Gasteiger partial charge >= 0.3 is 0 Å². The first-order valence-corrected chi connectivity index (χ1v) is 7.46. The second kappa shape index (κ2) is 6.30. The fourth-order valence-corrected chi connectivity index (χ4v) is 2.52. The molecule has 5 heteroatoms. The number of aromatic nitrogens is 4. The van der Waals surface area contributed by atoms with Crippen LogP contribution in [0.15, 0.2) is 12.1 Å². The van der Waals surface area contributed by atoms with Gasteiger partial charge in [0.2, 0.25) is 0 Å². The van der Waals surface area contributed by atoms with Crippen molar-refractivity contribution in [1.29, 1.82) is 0 Å². The SMILES string of the molecule is Cc1cc(C)nc(C(C)C(=O)C(C)c2nc(C)cc(C)n2)n1. The monoisotopic (exact) mass is 298 g/mol. The van der Waals surface area contributed by atoms with Crippen LogP contribution in [0.3, 0.4) is 0 Å². The lowest BCUT2D eigenvalue weighted by Crippen LogP contribution is -2.21. The summed E-state index contributed by atoms with van der Waals surface area (Å²) in [5.74, 6) is 0.420. The van der Waals surface area contributed by atoms with Crippen LogP contribution >= 0.6 is 0 Å². The standard InChI is InChI=1S/C17H22N4O/c1-9-7-10(2)19-16(18-9)13(5)15(22)14(6)17-20-11(3)8-12(4)21-17/h7-8,13-14H,1-6H3. The Balaban J connectivity index is 2.29. The number of nitrogens with zero attached hydrogens (tertiary/aromatic N) is 4. The van der Waals surface area contributed by atoms with Gasteiger partial charge in [0.1, 0.15) is 11.6 Å². The van der Waals surface area contributed by atoms with Crippen molar-refractivity contribution in [1.82, 2.24) is 19.9 Å². The molecule has 0 aliphatic carbocycles. The van der Waals surface area contributed by atoms with E-state index in [1.807, 2.05) is 53.7 Å². The summed E-state index contributed by atoms with van der Waals surface area (Å²) in [6.07, 6.45) is 0. The molecule has 22 heavy (non-hydrogen) atoms. The Hall–Kier alpha value is -2.17. The summed E-state index contributed by atoms with van der Waals surface area (Å²) < 4.78 is 0. The van der Waals surface area contributed by atoms with Crippen LogP contribution in [0.4, 0.5) is 0 Å². The van der Waals surface area contributed by atoms with Crippen molar-refractivity contribution >= 4 is 5.78 Å². The van der Waals surface area contributed by atoms with Gasteiger partial charge in [-0.1, -0.05) is 0 Å². The van der Waals surface area contributed by atoms with Gasteiger partial charge in [0.05, 0.1) is 11.8 Å². The Kier molecular flexibility index (Phi) is 4.64. The Labute approximate surface area is 131 Å². The van der Waals surface area contributed by atoms with Crippen LogP contribution in [0.5, 0.6) is 0 Å². The van der Waals surface area contributed by atoms with E-state index in [2.05, 4.69) is 19.9 Å². The smallest absolute Gasteiger partial charge is 0.153 e. The number of hydrogen-bond acceptors (Lipinski definition) is 5. The molecule has 0 aliphatic rings. The zero-order valence-corrected chi connectivity index (χ0v) is 14.0. The van der Waals surface area contributed by atoms with Crippen LogP contribution in [-0.4, -0.2) is 25.7 Å². The Morgan fingerprint density at radius 3 is 1.27 bits per heavy atom. The number of hydrogen-bond donors (Lipinski definition) is 0. The third-order valence-corrected chi connectivity index (χ3v) is 3.63. The summed E-state index contributed by atoms with van der Waals surface area (Å²) in [4.78, 5) is 30.3. The molecule has 2 atom stereocenters. The van der Waals surface area contributed by atoms with E-state index in [4.69, 9.17) is 0 Å². The average molecular weight is 298 g/mol. The first kappa shape index (κ1) is 16.2. The number of Topliss-reactive ketones (excluding diaryl/α,β-unsaturated/α-hetero) is 1. The number of ketones is 1. The summed E-state index contributed by atoms with van der Waals surface area (Å²) in [5.41, 5.74) is 3.49. The number of rotatable bonds is 4. The van der Waals surface area contributed by atoms with E-state index in [1.54, 1.807) is 0 Å². The van der Waals surface area contributed by atoms with Crippen molar-refractivity contribution in [3.05, 3.63) is 46.6 Å². The third kappa shape index (κ3) is 3.53. The van der Waals surface area contributed by atoms with Gasteiger partial charge in [0.15, 0.2) is 5.78 Å². The van der Waals surface area contributed by atoms with Gasteiger partial charge in [-0.2, -0.15) is 0 Å². The molecule has 2 aromatic heterocycles. The molecule has 2 unspecified atom stereocenters. The third-order valence-electron chi connectivity index (χ3n) is 3.63. The minimum absolute atomic E-state index is 0.0370. The highest BCUT2D eigenvalue weighted by Crippen LogP contribution is 2.23. The summed E-state index contributed by atoms with van der Waals surface area (Å²) >= 11 is 0. The highest BCUT2D eigenvalue weighted by atomic mass is 16.1. The maximum absolute atomic E-state index is 12.7. The number of carbonyl (C=O) groups excluding carboxylic acids is 1. The predicted molar refractivity (Wildman–Crippen MR) is 84.8 cm³/mol. The van der Waals surface area contributed by atoms with Gasteiger partial charge in [-0.15, -0.1) is 0 Å². The fraction of sp³-hybridized carbons (Fsp3) is 0.471. The van der Waals surface area contributed by atoms with E-state index in [9.17, 15) is 4.79 Å². The average Bonchev–Trinajstić information content (AvgIpc) is 2.42. The van der Waals surface area contributed by atoms with Crippen LogP contribution in [0.1, 0.15) is 60.1 Å². The topological polar surface area (TPSA) is 68.6 Å². The van der Waals surface area contributed by atoms with Crippen molar-refractivity contribution in [3.63, 3.8) is 0 Å². The molecule has 0 amide bonds. The van der Waals surface area contributed by atoms with Gasteiger partial charge in [-0.25, -0.2) is 19.9 Å². The lowest BCUT2D eigenvalue weighted by Gasteiger charge is -2.16. The summed E-state index contributed by atoms with van der Waals surface area (Å²) in [5, 5.41) is 0. The highest BCUT2D eigenvalue weighted by Gasteiger charge is 2.27. The Bertz CT molecular complexity index is 612. The molecule has 0 bridgehead atoms. The Morgan fingerprint density at radius 2 is 1.00 bits per heavy atom. The van der Waals surface area contributed by atoms with Gasteiger partial charge in [-0.05, 0) is 53.7 Å². The number of aryl methyl sites for hydroxylation is 4. The molecule has 2 heterocycles. The molecule has 0 N–H and O–H groups in total. The van der Waals surface area contributed by atoms with Crippen LogP contribution in [0, 0.1) is 27.7 Å². The number of carbonyl (C=O) groups is 1. The predicted octanol–water partition coefficient (Wildman–Crippen LogP) is 2.98. The van der Waals surface area contributed by atoms with Crippen LogP contribution < -0.4 is 0 Å². The van der Waals surface area contributed by atoms with Gasteiger partial charge < -0.3 is 0 Å². The summed E-state index contributed by atoms with van der Waals surface area (Å²) in [6, 6.07) is 3.80. The minimum Gasteiger partial charge on any atom is -0.298 e. The van der Waals surface area contributed by atoms with Crippen molar-refractivity contribution in [2.75, 3.05) is 0 Å². The molecular weight excluding hydrogens is 276 g/mol. The van der Waals surface area contributed by atoms with Crippen LogP contribution in [0.25, 0.3) is 0 Å². The van der Waals surface area contributed by atoms with Crippen molar-refractivity contribution < 1.29 is 4.79 Å². The summed E-state index contributed by atoms with van der Waals surface area (Å²) in [7, 11) is 0. The van der Waals surface area contributed by atoms with E-state index in [0.29, 0.717) is 11.6 Å². The molecule has 0 saturated carbocycles. The first-order chi connectivity index (χ1) is 10.3. The van der Waals surface area contributed by atoms with Gasteiger partial charge in [0.25, 0.3) is 0 Å². The van der Waals surface area contributed by atoms with E-state index in [1.165, 1.54) is 0 Å². The lowest BCUT2D eigenvalue weighted by atomic mass is 9.93. The molecular formula is C17H22N4O. The van der Waals surface area contributed by atoms with Crippen molar-refractivity contribution in [2.45, 2.75) is 53.4 Å². The van der Waals surface area contributed by atoms with Gasteiger partial charge in [-0.3, -0.25) is 4.79 Å². The molecule has 0 spiro atoms. The molecule has 0 aromatic carbocycles. The maximum atomic E-state index is 12.7. The normalized spacial score (nSPS) is 13.7. The maximum Gasteiger partial charge on any atom is 0.153 e. The first-order valence-electron chi connectivity index (χ1n) is 7.46. The fourth-order valence-electron chi connectivity index (χ4n) is 2.52. The minimum atomic E-state index is -0.377. The van der Waals surface area contributed by atoms with E-state index >= 15 is 0 Å². The second-order valence-corrected chi connectivity index (χ2v) is 5.86. The van der Waals surface area contributed by atoms with Gasteiger partial charge in [0, 0.05) is 22.8 Å². The molecule has 5 nitrogen and oxygen atoms in total. The van der Waals surface area contributed by atoms with Crippen LogP contribution in [-0.2, 0) is 4.79 Å². The Morgan fingerprint density at radius 1 is 0.727 bits per heavy atom. The van der Waals surface area contributed by atoms with Crippen molar-refractivity contribution in [2.24, 2.45) is 0 Å².